The third-order valence-electron chi connectivity index (χ3n) is 3.88. The summed E-state index contributed by atoms with van der Waals surface area (Å²) in [6, 6.07) is 8.10. The zero-order chi connectivity index (χ0) is 16.9. The van der Waals surface area contributed by atoms with E-state index in [1.54, 1.807) is 34.6 Å². The monoisotopic (exact) mass is 340 g/mol. The van der Waals surface area contributed by atoms with Gasteiger partial charge in [-0.2, -0.15) is 0 Å². The smallest absolute Gasteiger partial charge is 0.242 e. The van der Waals surface area contributed by atoms with Crippen LogP contribution < -0.4 is 5.32 Å². The van der Waals surface area contributed by atoms with Gasteiger partial charge in [-0.05, 0) is 13.8 Å². The Labute approximate surface area is 145 Å². The molecule has 0 unspecified atom stereocenters. The van der Waals surface area contributed by atoms with E-state index in [1.165, 1.54) is 5.56 Å². The fraction of sp³-hybridized carbons (Fsp3) is 0.278. The summed E-state index contributed by atoms with van der Waals surface area (Å²) in [5.41, 5.74) is 3.38. The molecule has 124 valence electrons. The van der Waals surface area contributed by atoms with E-state index >= 15 is 0 Å². The first-order chi connectivity index (χ1) is 11.6. The molecule has 0 aliphatic carbocycles. The number of imidazole rings is 1. The third-order valence-corrected chi connectivity index (χ3v) is 4.82. The van der Waals surface area contributed by atoms with Crippen LogP contribution in [0.4, 0.5) is 0 Å². The number of benzene rings is 1. The van der Waals surface area contributed by atoms with Crippen molar-refractivity contribution in [3.63, 3.8) is 0 Å². The standard InChI is InChI=1S/C18H20N4OS/c1-13-3-5-15(6-4-13)18-21-16(11-24-18)7-8-20-17(23)14(2)22-10-9-19-12-22/h3-6,9-12,14H,7-8H2,1-2H3,(H,20,23)/t14-/m0/s1. The molecule has 0 aliphatic rings. The maximum absolute atomic E-state index is 12.1. The van der Waals surface area contributed by atoms with Crippen molar-refractivity contribution < 1.29 is 4.79 Å². The number of hydrogen-bond acceptors (Lipinski definition) is 4. The Morgan fingerprint density at radius 3 is 2.83 bits per heavy atom. The lowest BCUT2D eigenvalue weighted by atomic mass is 10.2. The van der Waals surface area contributed by atoms with Crippen molar-refractivity contribution in [3.8, 4) is 10.6 Å². The first-order valence-electron chi connectivity index (χ1n) is 7.90. The lowest BCUT2D eigenvalue weighted by Gasteiger charge is -2.12. The lowest BCUT2D eigenvalue weighted by molar-refractivity contribution is -0.123. The van der Waals surface area contributed by atoms with E-state index in [2.05, 4.69) is 51.9 Å². The van der Waals surface area contributed by atoms with E-state index in [4.69, 9.17) is 0 Å². The Hall–Kier alpha value is -2.47. The summed E-state index contributed by atoms with van der Waals surface area (Å²) in [6.45, 7) is 4.51. The van der Waals surface area contributed by atoms with Crippen molar-refractivity contribution in [1.29, 1.82) is 0 Å². The zero-order valence-electron chi connectivity index (χ0n) is 13.8. The summed E-state index contributed by atoms with van der Waals surface area (Å²) in [6.07, 6.45) is 5.84. The van der Waals surface area contributed by atoms with Crippen LogP contribution in [0.2, 0.25) is 0 Å². The second-order valence-corrected chi connectivity index (χ2v) is 6.60. The second-order valence-electron chi connectivity index (χ2n) is 5.74. The number of thiazole rings is 1. The van der Waals surface area contributed by atoms with E-state index < -0.39 is 0 Å². The summed E-state index contributed by atoms with van der Waals surface area (Å²) in [4.78, 5) is 20.7. The van der Waals surface area contributed by atoms with E-state index in [0.717, 1.165) is 22.7 Å². The maximum atomic E-state index is 12.1. The van der Waals surface area contributed by atoms with Gasteiger partial charge in [0.15, 0.2) is 0 Å². The highest BCUT2D eigenvalue weighted by atomic mass is 32.1. The molecule has 0 saturated carbocycles. The highest BCUT2D eigenvalue weighted by Crippen LogP contribution is 2.24. The fourth-order valence-electron chi connectivity index (χ4n) is 2.35. The van der Waals surface area contributed by atoms with Crippen LogP contribution in [-0.2, 0) is 11.2 Å². The highest BCUT2D eigenvalue weighted by Gasteiger charge is 2.13. The molecule has 0 fully saturated rings. The topological polar surface area (TPSA) is 59.8 Å². The van der Waals surface area contributed by atoms with Gasteiger partial charge in [0.1, 0.15) is 11.0 Å². The molecule has 1 amide bonds. The Balaban J connectivity index is 1.52. The van der Waals surface area contributed by atoms with Gasteiger partial charge in [-0.1, -0.05) is 29.8 Å². The average Bonchev–Trinajstić information content (AvgIpc) is 3.26. The molecule has 2 aromatic heterocycles. The summed E-state index contributed by atoms with van der Waals surface area (Å²) in [5.74, 6) is -0.0120. The number of hydrogen-bond donors (Lipinski definition) is 1. The second kappa shape index (κ2) is 7.40. The number of aryl methyl sites for hydroxylation is 1. The van der Waals surface area contributed by atoms with Crippen molar-refractivity contribution in [2.75, 3.05) is 6.54 Å². The zero-order valence-corrected chi connectivity index (χ0v) is 14.6. The third kappa shape index (κ3) is 3.89. The molecule has 3 rings (SSSR count). The summed E-state index contributed by atoms with van der Waals surface area (Å²) < 4.78 is 1.79. The van der Waals surface area contributed by atoms with Crippen LogP contribution in [0, 0.1) is 6.92 Å². The minimum absolute atomic E-state index is 0.0120. The molecule has 1 N–H and O–H groups in total. The first-order valence-corrected chi connectivity index (χ1v) is 8.78. The average molecular weight is 340 g/mol. The van der Waals surface area contributed by atoms with Crippen LogP contribution in [-0.4, -0.2) is 27.0 Å². The molecular weight excluding hydrogens is 320 g/mol. The number of aromatic nitrogens is 3. The van der Waals surface area contributed by atoms with E-state index in [-0.39, 0.29) is 11.9 Å². The number of carbonyl (C=O) groups excluding carboxylic acids is 1. The highest BCUT2D eigenvalue weighted by molar-refractivity contribution is 7.13. The van der Waals surface area contributed by atoms with E-state index in [1.807, 2.05) is 6.92 Å². The normalized spacial score (nSPS) is 12.1. The van der Waals surface area contributed by atoms with Crippen molar-refractivity contribution in [2.45, 2.75) is 26.3 Å². The van der Waals surface area contributed by atoms with E-state index in [9.17, 15) is 4.79 Å². The van der Waals surface area contributed by atoms with Gasteiger partial charge in [-0.3, -0.25) is 4.79 Å². The SMILES string of the molecule is Cc1ccc(-c2nc(CCNC(=O)[C@H](C)n3ccnc3)cs2)cc1. The molecule has 0 aliphatic heterocycles. The summed E-state index contributed by atoms with van der Waals surface area (Å²) in [7, 11) is 0. The van der Waals surface area contributed by atoms with Gasteiger partial charge in [-0.25, -0.2) is 9.97 Å². The molecule has 5 nitrogen and oxygen atoms in total. The molecule has 6 heteroatoms. The number of nitrogens with one attached hydrogen (secondary N) is 1. The Morgan fingerprint density at radius 1 is 1.33 bits per heavy atom. The first kappa shape index (κ1) is 16.4. The van der Waals surface area contributed by atoms with Crippen LogP contribution in [0.5, 0.6) is 0 Å². The Morgan fingerprint density at radius 2 is 2.12 bits per heavy atom. The maximum Gasteiger partial charge on any atom is 0.242 e. The quantitative estimate of drug-likeness (QED) is 0.749. The molecule has 0 saturated heterocycles. The van der Waals surface area contributed by atoms with Crippen molar-refractivity contribution in [3.05, 3.63) is 59.6 Å². The summed E-state index contributed by atoms with van der Waals surface area (Å²) in [5, 5.41) is 6.03. The number of carbonyl (C=O) groups is 1. The Bertz CT molecular complexity index is 793. The Kier molecular flexibility index (Phi) is 5.05. The molecule has 24 heavy (non-hydrogen) atoms. The van der Waals surface area contributed by atoms with Gasteiger partial charge in [-0.15, -0.1) is 11.3 Å². The molecule has 3 aromatic rings. The van der Waals surface area contributed by atoms with E-state index in [0.29, 0.717) is 6.54 Å². The van der Waals surface area contributed by atoms with Gasteiger partial charge < -0.3 is 9.88 Å². The molecule has 2 heterocycles. The van der Waals surface area contributed by atoms with Gasteiger partial charge in [0.05, 0.1) is 12.0 Å². The number of rotatable bonds is 6. The number of amides is 1. The van der Waals surface area contributed by atoms with Crippen LogP contribution in [0.25, 0.3) is 10.6 Å². The number of nitrogens with zero attached hydrogens (tertiary/aromatic N) is 3. The molecular formula is C18H20N4OS. The van der Waals surface area contributed by atoms with Crippen molar-refractivity contribution in [1.82, 2.24) is 19.9 Å². The lowest BCUT2D eigenvalue weighted by Crippen LogP contribution is -2.32. The largest absolute Gasteiger partial charge is 0.354 e. The molecule has 1 aromatic carbocycles. The predicted octanol–water partition coefficient (Wildman–Crippen LogP) is 3.23. The fourth-order valence-corrected chi connectivity index (χ4v) is 3.21. The predicted molar refractivity (Wildman–Crippen MR) is 95.9 cm³/mol. The van der Waals surface area contributed by atoms with Crippen LogP contribution in [0.15, 0.2) is 48.4 Å². The van der Waals surface area contributed by atoms with Gasteiger partial charge >= 0.3 is 0 Å². The van der Waals surface area contributed by atoms with Crippen LogP contribution in [0.3, 0.4) is 0 Å². The van der Waals surface area contributed by atoms with Crippen molar-refractivity contribution in [2.24, 2.45) is 0 Å². The van der Waals surface area contributed by atoms with Crippen LogP contribution >= 0.6 is 11.3 Å². The molecule has 1 atom stereocenters. The summed E-state index contributed by atoms with van der Waals surface area (Å²) >= 11 is 1.64. The van der Waals surface area contributed by atoms with Gasteiger partial charge in [0, 0.05) is 36.3 Å². The van der Waals surface area contributed by atoms with Gasteiger partial charge in [0.25, 0.3) is 0 Å². The molecule has 0 bridgehead atoms. The van der Waals surface area contributed by atoms with Gasteiger partial charge in [0.2, 0.25) is 5.91 Å². The molecule has 0 radical (unpaired) electrons. The van der Waals surface area contributed by atoms with Crippen LogP contribution in [0.1, 0.15) is 24.2 Å². The minimum Gasteiger partial charge on any atom is -0.354 e. The molecule has 0 spiro atoms. The van der Waals surface area contributed by atoms with Crippen molar-refractivity contribution >= 4 is 17.2 Å². The minimum atomic E-state index is -0.258.